The first kappa shape index (κ1) is 12.4. The number of nitrogens with one attached hydrogen (secondary N) is 1. The number of hydrogen-bond acceptors (Lipinski definition) is 4. The highest BCUT2D eigenvalue weighted by atomic mass is 16.4. The van der Waals surface area contributed by atoms with Crippen molar-refractivity contribution >= 4 is 6.01 Å². The maximum Gasteiger partial charge on any atom is 0.297 e. The van der Waals surface area contributed by atoms with Gasteiger partial charge < -0.3 is 14.6 Å². The van der Waals surface area contributed by atoms with Crippen LogP contribution < -0.4 is 10.2 Å². The second kappa shape index (κ2) is 6.05. The topological polar surface area (TPSA) is 41.3 Å². The lowest BCUT2D eigenvalue weighted by Crippen LogP contribution is -2.35. The summed E-state index contributed by atoms with van der Waals surface area (Å²) in [5.41, 5.74) is 1.00. The van der Waals surface area contributed by atoms with Crippen LogP contribution in [0.25, 0.3) is 0 Å². The zero-order chi connectivity index (χ0) is 12.1. The molecule has 0 amide bonds. The van der Waals surface area contributed by atoms with Gasteiger partial charge in [0.2, 0.25) is 0 Å². The molecule has 1 atom stereocenters. The van der Waals surface area contributed by atoms with E-state index in [0.717, 1.165) is 43.8 Å². The van der Waals surface area contributed by atoms with Gasteiger partial charge in [0, 0.05) is 19.6 Å². The Hall–Kier alpha value is -1.03. The number of aromatic nitrogens is 1. The average molecular weight is 237 g/mol. The Kier molecular flexibility index (Phi) is 4.42. The molecule has 17 heavy (non-hydrogen) atoms. The lowest BCUT2D eigenvalue weighted by atomic mass is 9.96. The fourth-order valence-electron chi connectivity index (χ4n) is 2.35. The van der Waals surface area contributed by atoms with Crippen molar-refractivity contribution in [2.45, 2.75) is 39.7 Å². The number of oxazole rings is 1. The van der Waals surface area contributed by atoms with Gasteiger partial charge in [-0.15, -0.1) is 0 Å². The van der Waals surface area contributed by atoms with Gasteiger partial charge in [0.15, 0.2) is 0 Å². The molecule has 96 valence electrons. The molecule has 2 rings (SSSR count). The fourth-order valence-corrected chi connectivity index (χ4v) is 2.35. The first-order valence-electron chi connectivity index (χ1n) is 6.73. The minimum atomic E-state index is 0.797. The number of rotatable bonds is 5. The van der Waals surface area contributed by atoms with Crippen LogP contribution in [0.3, 0.4) is 0 Å². The lowest BCUT2D eigenvalue weighted by Gasteiger charge is -2.30. The molecule has 0 spiro atoms. The van der Waals surface area contributed by atoms with Crippen molar-refractivity contribution in [2.75, 3.05) is 24.5 Å². The van der Waals surface area contributed by atoms with Gasteiger partial charge in [-0.3, -0.25) is 0 Å². The first-order valence-corrected chi connectivity index (χ1v) is 6.73. The summed E-state index contributed by atoms with van der Waals surface area (Å²) in [6, 6.07) is 0.802. The zero-order valence-corrected chi connectivity index (χ0v) is 10.9. The van der Waals surface area contributed by atoms with E-state index in [0.29, 0.717) is 0 Å². The van der Waals surface area contributed by atoms with Gasteiger partial charge in [0.05, 0.1) is 5.69 Å². The molecule has 4 nitrogen and oxygen atoms in total. The van der Waals surface area contributed by atoms with Crippen LogP contribution in [0.1, 0.15) is 38.8 Å². The van der Waals surface area contributed by atoms with Crippen molar-refractivity contribution in [3.63, 3.8) is 0 Å². The summed E-state index contributed by atoms with van der Waals surface area (Å²) in [7, 11) is 0. The molecule has 2 heterocycles. The van der Waals surface area contributed by atoms with E-state index in [2.05, 4.69) is 29.0 Å². The molecule has 0 radical (unpaired) electrons. The monoisotopic (exact) mass is 237 g/mol. The largest absolute Gasteiger partial charge is 0.432 e. The number of piperidine rings is 1. The van der Waals surface area contributed by atoms with E-state index in [1.807, 2.05) is 0 Å². The summed E-state index contributed by atoms with van der Waals surface area (Å²) in [6.07, 6.45) is 5.62. The van der Waals surface area contributed by atoms with Gasteiger partial charge >= 0.3 is 0 Å². The van der Waals surface area contributed by atoms with Gasteiger partial charge in [0.1, 0.15) is 6.26 Å². The minimum absolute atomic E-state index is 0.797. The Bertz CT molecular complexity index is 337. The quantitative estimate of drug-likeness (QED) is 0.854. The third-order valence-corrected chi connectivity index (χ3v) is 3.46. The van der Waals surface area contributed by atoms with Crippen molar-refractivity contribution in [3.8, 4) is 0 Å². The van der Waals surface area contributed by atoms with Crippen molar-refractivity contribution in [2.24, 2.45) is 5.92 Å². The van der Waals surface area contributed by atoms with Crippen LogP contribution in [0.5, 0.6) is 0 Å². The van der Waals surface area contributed by atoms with Crippen LogP contribution >= 0.6 is 0 Å². The number of anilines is 1. The SMILES string of the molecule is CCNCc1coc(N2CCCC(CC)C2)n1. The standard InChI is InChI=1S/C13H23N3O/c1-3-11-6-5-7-16(9-11)13-15-12(10-17-13)8-14-4-2/h10-11,14H,3-9H2,1-2H3. The van der Waals surface area contributed by atoms with Crippen LogP contribution in [-0.4, -0.2) is 24.6 Å². The van der Waals surface area contributed by atoms with Gasteiger partial charge in [-0.25, -0.2) is 0 Å². The van der Waals surface area contributed by atoms with Crippen LogP contribution in [0.4, 0.5) is 6.01 Å². The molecule has 1 unspecified atom stereocenters. The Morgan fingerprint density at radius 1 is 1.53 bits per heavy atom. The molecule has 1 aromatic rings. The minimum Gasteiger partial charge on any atom is -0.432 e. The van der Waals surface area contributed by atoms with Crippen molar-refractivity contribution in [1.82, 2.24) is 10.3 Å². The highest BCUT2D eigenvalue weighted by Gasteiger charge is 2.21. The zero-order valence-electron chi connectivity index (χ0n) is 10.9. The summed E-state index contributed by atoms with van der Waals surface area (Å²) >= 11 is 0. The molecule has 0 aliphatic carbocycles. The van der Waals surface area contributed by atoms with Crippen LogP contribution in [0.15, 0.2) is 10.7 Å². The maximum atomic E-state index is 5.57. The number of nitrogens with zero attached hydrogens (tertiary/aromatic N) is 2. The average Bonchev–Trinajstić information content (AvgIpc) is 2.85. The molecule has 1 saturated heterocycles. The van der Waals surface area contributed by atoms with E-state index >= 15 is 0 Å². The van der Waals surface area contributed by atoms with Gasteiger partial charge in [-0.05, 0) is 25.3 Å². The highest BCUT2D eigenvalue weighted by molar-refractivity contribution is 5.27. The van der Waals surface area contributed by atoms with E-state index in [1.165, 1.54) is 19.3 Å². The molecule has 0 bridgehead atoms. The maximum absolute atomic E-state index is 5.57. The molecule has 1 aliphatic heterocycles. The summed E-state index contributed by atoms with van der Waals surface area (Å²) in [5.74, 6) is 0.799. The van der Waals surface area contributed by atoms with Gasteiger partial charge in [0.25, 0.3) is 6.01 Å². The summed E-state index contributed by atoms with van der Waals surface area (Å²) in [4.78, 5) is 6.82. The number of hydrogen-bond donors (Lipinski definition) is 1. The van der Waals surface area contributed by atoms with E-state index in [4.69, 9.17) is 4.42 Å². The van der Waals surface area contributed by atoms with Gasteiger partial charge in [-0.2, -0.15) is 4.98 Å². The first-order chi connectivity index (χ1) is 8.33. The van der Waals surface area contributed by atoms with Crippen molar-refractivity contribution in [1.29, 1.82) is 0 Å². The normalized spacial score (nSPS) is 20.8. The lowest BCUT2D eigenvalue weighted by molar-refractivity contribution is 0.384. The Labute approximate surface area is 103 Å². The molecule has 1 aromatic heterocycles. The summed E-state index contributed by atoms with van der Waals surface area (Å²) < 4.78 is 5.57. The van der Waals surface area contributed by atoms with Gasteiger partial charge in [-0.1, -0.05) is 20.3 Å². The second-order valence-electron chi connectivity index (χ2n) is 4.76. The predicted molar refractivity (Wildman–Crippen MR) is 69.1 cm³/mol. The smallest absolute Gasteiger partial charge is 0.297 e. The fraction of sp³-hybridized carbons (Fsp3) is 0.769. The Morgan fingerprint density at radius 2 is 2.41 bits per heavy atom. The second-order valence-corrected chi connectivity index (χ2v) is 4.76. The molecule has 0 saturated carbocycles. The molecular weight excluding hydrogens is 214 g/mol. The van der Waals surface area contributed by atoms with Crippen LogP contribution in [-0.2, 0) is 6.54 Å². The Balaban J connectivity index is 1.94. The highest BCUT2D eigenvalue weighted by Crippen LogP contribution is 2.24. The van der Waals surface area contributed by atoms with Crippen LogP contribution in [0.2, 0.25) is 0 Å². The molecule has 0 aromatic carbocycles. The van der Waals surface area contributed by atoms with Crippen molar-refractivity contribution < 1.29 is 4.42 Å². The third-order valence-electron chi connectivity index (χ3n) is 3.46. The van der Waals surface area contributed by atoms with E-state index < -0.39 is 0 Å². The van der Waals surface area contributed by atoms with E-state index in [9.17, 15) is 0 Å². The molecular formula is C13H23N3O. The molecule has 4 heteroatoms. The van der Waals surface area contributed by atoms with E-state index in [1.54, 1.807) is 6.26 Å². The molecule has 1 aliphatic rings. The summed E-state index contributed by atoms with van der Waals surface area (Å²) in [6.45, 7) is 8.29. The third kappa shape index (κ3) is 3.22. The molecule has 1 fully saturated rings. The molecule has 1 N–H and O–H groups in total. The predicted octanol–water partition coefficient (Wildman–Crippen LogP) is 2.41. The summed E-state index contributed by atoms with van der Waals surface area (Å²) in [5, 5.41) is 3.26. The van der Waals surface area contributed by atoms with Crippen LogP contribution in [0, 0.1) is 5.92 Å². The Morgan fingerprint density at radius 3 is 3.18 bits per heavy atom. The van der Waals surface area contributed by atoms with Crippen molar-refractivity contribution in [3.05, 3.63) is 12.0 Å². The van der Waals surface area contributed by atoms with E-state index in [-0.39, 0.29) is 0 Å².